The number of rotatable bonds is 5. The number of hydrogen-bond donors (Lipinski definition) is 1. The Morgan fingerprint density at radius 1 is 1.10 bits per heavy atom. The molecule has 2 aromatic carbocycles. The molecule has 104 valence electrons. The summed E-state index contributed by atoms with van der Waals surface area (Å²) in [6.45, 7) is 1.08. The van der Waals surface area contributed by atoms with E-state index in [-0.39, 0.29) is 11.5 Å². The molecule has 0 aromatic heterocycles. The van der Waals surface area contributed by atoms with Gasteiger partial charge in [0.25, 0.3) is 5.69 Å². The molecule has 2 aromatic rings. The van der Waals surface area contributed by atoms with Crippen molar-refractivity contribution in [3.05, 3.63) is 74.0 Å². The highest BCUT2D eigenvalue weighted by atomic mass is 79.9. The van der Waals surface area contributed by atoms with Crippen molar-refractivity contribution in [2.24, 2.45) is 0 Å². The number of nitro benzene ring substituents is 1. The van der Waals surface area contributed by atoms with Crippen LogP contribution < -0.4 is 5.32 Å². The SMILES string of the molecule is O=[N+]([O-])c1cc(CNCc2ccc(F)cc2)ccc1Br. The highest BCUT2D eigenvalue weighted by Crippen LogP contribution is 2.25. The molecule has 0 aliphatic rings. The van der Waals surface area contributed by atoms with Crippen molar-refractivity contribution < 1.29 is 9.31 Å². The zero-order valence-electron chi connectivity index (χ0n) is 10.5. The molecule has 0 aliphatic heterocycles. The molecule has 0 amide bonds. The molecular formula is C14H12BrFN2O2. The number of hydrogen-bond acceptors (Lipinski definition) is 3. The smallest absolute Gasteiger partial charge is 0.283 e. The van der Waals surface area contributed by atoms with Gasteiger partial charge in [-0.1, -0.05) is 18.2 Å². The van der Waals surface area contributed by atoms with Gasteiger partial charge in [0.15, 0.2) is 0 Å². The zero-order valence-corrected chi connectivity index (χ0v) is 12.1. The molecule has 0 bridgehead atoms. The van der Waals surface area contributed by atoms with Crippen molar-refractivity contribution in [3.8, 4) is 0 Å². The van der Waals surface area contributed by atoms with Gasteiger partial charge in [0.1, 0.15) is 5.82 Å². The van der Waals surface area contributed by atoms with Crippen LogP contribution in [0, 0.1) is 15.9 Å². The molecule has 6 heteroatoms. The maximum Gasteiger partial charge on any atom is 0.283 e. The lowest BCUT2D eigenvalue weighted by molar-refractivity contribution is -0.385. The Morgan fingerprint density at radius 3 is 2.35 bits per heavy atom. The van der Waals surface area contributed by atoms with E-state index in [9.17, 15) is 14.5 Å². The van der Waals surface area contributed by atoms with Crippen LogP contribution in [0.3, 0.4) is 0 Å². The molecule has 0 unspecified atom stereocenters. The van der Waals surface area contributed by atoms with E-state index in [2.05, 4.69) is 21.2 Å². The van der Waals surface area contributed by atoms with E-state index in [0.717, 1.165) is 11.1 Å². The molecule has 0 saturated heterocycles. The van der Waals surface area contributed by atoms with E-state index in [1.807, 2.05) is 6.07 Å². The van der Waals surface area contributed by atoms with Crippen molar-refractivity contribution in [2.75, 3.05) is 0 Å². The Balaban J connectivity index is 1.96. The minimum absolute atomic E-state index is 0.0473. The number of benzene rings is 2. The Bertz CT molecular complexity index is 617. The summed E-state index contributed by atoms with van der Waals surface area (Å²) in [5.41, 5.74) is 1.83. The van der Waals surface area contributed by atoms with Crippen LogP contribution in [0.2, 0.25) is 0 Å². The third-order valence-corrected chi connectivity index (χ3v) is 3.45. The minimum Gasteiger partial charge on any atom is -0.309 e. The molecule has 0 heterocycles. The topological polar surface area (TPSA) is 55.2 Å². The van der Waals surface area contributed by atoms with E-state index >= 15 is 0 Å². The van der Waals surface area contributed by atoms with Crippen LogP contribution in [0.1, 0.15) is 11.1 Å². The van der Waals surface area contributed by atoms with E-state index in [0.29, 0.717) is 17.6 Å². The summed E-state index contributed by atoms with van der Waals surface area (Å²) >= 11 is 3.15. The van der Waals surface area contributed by atoms with Crippen LogP contribution in [0.4, 0.5) is 10.1 Å². The number of nitro groups is 1. The molecule has 0 atom stereocenters. The largest absolute Gasteiger partial charge is 0.309 e. The first-order valence-corrected chi connectivity index (χ1v) is 6.73. The highest BCUT2D eigenvalue weighted by Gasteiger charge is 2.11. The van der Waals surface area contributed by atoms with Gasteiger partial charge in [-0.05, 0) is 45.3 Å². The summed E-state index contributed by atoms with van der Waals surface area (Å²) in [5, 5.41) is 14.0. The molecule has 2 rings (SSSR count). The molecule has 0 aliphatic carbocycles. The summed E-state index contributed by atoms with van der Waals surface area (Å²) in [7, 11) is 0. The van der Waals surface area contributed by atoms with Crippen molar-refractivity contribution in [1.29, 1.82) is 0 Å². The second-order valence-corrected chi connectivity index (χ2v) is 5.13. The summed E-state index contributed by atoms with van der Waals surface area (Å²) < 4.78 is 13.2. The normalized spacial score (nSPS) is 10.5. The maximum atomic E-state index is 12.7. The highest BCUT2D eigenvalue weighted by molar-refractivity contribution is 9.10. The standard InChI is InChI=1S/C14H12BrFN2O2/c15-13-6-3-11(7-14(13)18(19)20)9-17-8-10-1-4-12(16)5-2-10/h1-7,17H,8-9H2. The molecule has 0 spiro atoms. The van der Waals surface area contributed by atoms with E-state index in [1.54, 1.807) is 18.2 Å². The number of nitrogens with zero attached hydrogens (tertiary/aromatic N) is 1. The summed E-state index contributed by atoms with van der Waals surface area (Å²) in [5.74, 6) is -0.266. The average Bonchev–Trinajstić information content (AvgIpc) is 2.42. The Kier molecular flexibility index (Phi) is 4.81. The first-order valence-electron chi connectivity index (χ1n) is 5.94. The van der Waals surface area contributed by atoms with Gasteiger partial charge in [0.05, 0.1) is 9.40 Å². The van der Waals surface area contributed by atoms with Gasteiger partial charge < -0.3 is 5.32 Å². The lowest BCUT2D eigenvalue weighted by atomic mass is 10.2. The van der Waals surface area contributed by atoms with Crippen molar-refractivity contribution in [3.63, 3.8) is 0 Å². The molecule has 4 nitrogen and oxygen atoms in total. The van der Waals surface area contributed by atoms with E-state index < -0.39 is 4.92 Å². The van der Waals surface area contributed by atoms with Crippen LogP contribution in [0.25, 0.3) is 0 Å². The first kappa shape index (κ1) is 14.6. The van der Waals surface area contributed by atoms with Gasteiger partial charge >= 0.3 is 0 Å². The third-order valence-electron chi connectivity index (χ3n) is 2.78. The van der Waals surface area contributed by atoms with Gasteiger partial charge in [-0.15, -0.1) is 0 Å². The second-order valence-electron chi connectivity index (χ2n) is 4.27. The van der Waals surface area contributed by atoms with Gasteiger partial charge in [-0.25, -0.2) is 4.39 Å². The summed E-state index contributed by atoms with van der Waals surface area (Å²) in [6.07, 6.45) is 0. The predicted molar refractivity (Wildman–Crippen MR) is 77.7 cm³/mol. The molecule has 1 N–H and O–H groups in total. The molecule has 0 fully saturated rings. The molecule has 20 heavy (non-hydrogen) atoms. The third kappa shape index (κ3) is 3.85. The quantitative estimate of drug-likeness (QED) is 0.666. The first-order chi connectivity index (χ1) is 9.56. The van der Waals surface area contributed by atoms with Crippen LogP contribution in [0.15, 0.2) is 46.9 Å². The predicted octanol–water partition coefficient (Wildman–Crippen LogP) is 3.79. The van der Waals surface area contributed by atoms with Crippen molar-refractivity contribution in [1.82, 2.24) is 5.32 Å². The molecular weight excluding hydrogens is 327 g/mol. The van der Waals surface area contributed by atoms with Crippen molar-refractivity contribution in [2.45, 2.75) is 13.1 Å². The fraction of sp³-hybridized carbons (Fsp3) is 0.143. The lowest BCUT2D eigenvalue weighted by Gasteiger charge is -2.06. The Hall–Kier alpha value is -1.79. The van der Waals surface area contributed by atoms with Crippen LogP contribution in [-0.4, -0.2) is 4.92 Å². The Labute approximate surface area is 123 Å². The van der Waals surface area contributed by atoms with Gasteiger partial charge in [-0.2, -0.15) is 0 Å². The van der Waals surface area contributed by atoms with Gasteiger partial charge in [-0.3, -0.25) is 10.1 Å². The van der Waals surface area contributed by atoms with E-state index in [1.165, 1.54) is 18.2 Å². The minimum atomic E-state index is -0.423. The van der Waals surface area contributed by atoms with Crippen LogP contribution >= 0.6 is 15.9 Å². The molecule has 0 saturated carbocycles. The summed E-state index contributed by atoms with van der Waals surface area (Å²) in [4.78, 5) is 10.4. The number of nitrogens with one attached hydrogen (secondary N) is 1. The number of halogens is 2. The average molecular weight is 339 g/mol. The maximum absolute atomic E-state index is 12.7. The Morgan fingerprint density at radius 2 is 1.70 bits per heavy atom. The molecule has 0 radical (unpaired) electrons. The van der Waals surface area contributed by atoms with Gasteiger partial charge in [0.2, 0.25) is 0 Å². The second kappa shape index (κ2) is 6.58. The van der Waals surface area contributed by atoms with Gasteiger partial charge in [0, 0.05) is 19.2 Å². The van der Waals surface area contributed by atoms with Crippen molar-refractivity contribution >= 4 is 21.6 Å². The fourth-order valence-corrected chi connectivity index (χ4v) is 2.15. The fourth-order valence-electron chi connectivity index (χ4n) is 1.76. The monoisotopic (exact) mass is 338 g/mol. The summed E-state index contributed by atoms with van der Waals surface area (Å²) in [6, 6.07) is 11.2. The van der Waals surface area contributed by atoms with E-state index in [4.69, 9.17) is 0 Å². The van der Waals surface area contributed by atoms with Crippen LogP contribution in [-0.2, 0) is 13.1 Å². The van der Waals surface area contributed by atoms with Crippen LogP contribution in [0.5, 0.6) is 0 Å². The lowest BCUT2D eigenvalue weighted by Crippen LogP contribution is -2.12. The zero-order chi connectivity index (χ0) is 14.5.